The number of ketones is 1. The zero-order chi connectivity index (χ0) is 13.1. The molecule has 0 aromatic carbocycles. The van der Waals surface area contributed by atoms with E-state index in [-0.39, 0.29) is 0 Å². The molecule has 0 aromatic rings. The number of hydrogen-bond donors (Lipinski definition) is 0. The summed E-state index contributed by atoms with van der Waals surface area (Å²) < 4.78 is 0. The number of carbonyl (C=O) groups excluding carboxylic acids is 1. The monoisotopic (exact) mass is 264 g/mol. The summed E-state index contributed by atoms with van der Waals surface area (Å²) in [5.74, 6) is 0.891. The molecule has 2 unspecified atom stereocenters. The highest BCUT2D eigenvalue weighted by Crippen LogP contribution is 2.25. The van der Waals surface area contributed by atoms with Gasteiger partial charge in [-0.15, -0.1) is 0 Å². The smallest absolute Gasteiger partial charge is 0.137 e. The van der Waals surface area contributed by atoms with Gasteiger partial charge in [0.2, 0.25) is 0 Å². The third-order valence-corrected chi connectivity index (χ3v) is 5.31. The first-order chi connectivity index (χ1) is 9.33. The average Bonchev–Trinajstić information content (AvgIpc) is 3.03. The Hall–Kier alpha value is -0.410. The van der Waals surface area contributed by atoms with Gasteiger partial charge in [-0.3, -0.25) is 9.69 Å². The number of rotatable bonds is 3. The van der Waals surface area contributed by atoms with Crippen LogP contribution in [0, 0.1) is 5.92 Å². The van der Waals surface area contributed by atoms with E-state index < -0.39 is 0 Å². The van der Waals surface area contributed by atoms with E-state index in [2.05, 4.69) is 9.80 Å². The summed E-state index contributed by atoms with van der Waals surface area (Å²) in [4.78, 5) is 17.3. The van der Waals surface area contributed by atoms with Crippen LogP contribution in [0.1, 0.15) is 51.4 Å². The Morgan fingerprint density at radius 2 is 1.79 bits per heavy atom. The van der Waals surface area contributed by atoms with Crippen molar-refractivity contribution >= 4 is 5.78 Å². The molecule has 3 rings (SSSR count). The molecule has 1 aliphatic carbocycles. The average molecular weight is 264 g/mol. The maximum absolute atomic E-state index is 12.1. The van der Waals surface area contributed by atoms with Gasteiger partial charge < -0.3 is 4.90 Å². The van der Waals surface area contributed by atoms with Crippen molar-refractivity contribution in [3.8, 4) is 0 Å². The molecule has 0 aromatic heterocycles. The minimum Gasteiger partial charge on any atom is -0.301 e. The van der Waals surface area contributed by atoms with Gasteiger partial charge in [-0.2, -0.15) is 0 Å². The van der Waals surface area contributed by atoms with Crippen molar-refractivity contribution in [2.45, 2.75) is 57.4 Å². The Labute approximate surface area is 117 Å². The molecule has 19 heavy (non-hydrogen) atoms. The number of carbonyl (C=O) groups is 1. The standard InChI is InChI=1S/C16H28N2O/c19-16-7-3-1-2-6-14(16)12-17-11-8-15(13-17)18-9-4-5-10-18/h14-15H,1-13H2. The van der Waals surface area contributed by atoms with E-state index in [1.54, 1.807) is 0 Å². The summed E-state index contributed by atoms with van der Waals surface area (Å²) in [5, 5.41) is 0. The molecule has 108 valence electrons. The Morgan fingerprint density at radius 1 is 0.947 bits per heavy atom. The molecule has 3 nitrogen and oxygen atoms in total. The van der Waals surface area contributed by atoms with Crippen LogP contribution >= 0.6 is 0 Å². The molecule has 2 atom stereocenters. The lowest BCUT2D eigenvalue weighted by molar-refractivity contribution is -0.123. The van der Waals surface area contributed by atoms with E-state index in [9.17, 15) is 4.79 Å². The largest absolute Gasteiger partial charge is 0.301 e. The van der Waals surface area contributed by atoms with E-state index in [0.717, 1.165) is 31.8 Å². The van der Waals surface area contributed by atoms with Gasteiger partial charge in [0.1, 0.15) is 5.78 Å². The molecule has 3 fully saturated rings. The first-order valence-electron chi connectivity index (χ1n) is 8.32. The van der Waals surface area contributed by atoms with E-state index in [4.69, 9.17) is 0 Å². The van der Waals surface area contributed by atoms with Crippen molar-refractivity contribution in [1.29, 1.82) is 0 Å². The SMILES string of the molecule is O=C1CCCCCC1CN1CCC(N2CCCC2)C1. The number of nitrogens with zero attached hydrogens (tertiary/aromatic N) is 2. The Bertz CT molecular complexity index is 312. The van der Waals surface area contributed by atoms with Gasteiger partial charge in [-0.1, -0.05) is 12.8 Å². The molecule has 0 N–H and O–H groups in total. The maximum Gasteiger partial charge on any atom is 0.137 e. The van der Waals surface area contributed by atoms with Crippen molar-refractivity contribution in [3.63, 3.8) is 0 Å². The van der Waals surface area contributed by atoms with Crippen LogP contribution in [0.2, 0.25) is 0 Å². The molecule has 0 spiro atoms. The van der Waals surface area contributed by atoms with Crippen LogP contribution < -0.4 is 0 Å². The summed E-state index contributed by atoms with van der Waals surface area (Å²) in [5.41, 5.74) is 0. The van der Waals surface area contributed by atoms with E-state index in [1.165, 1.54) is 58.3 Å². The Kier molecular flexibility index (Phi) is 4.54. The van der Waals surface area contributed by atoms with Crippen molar-refractivity contribution in [2.75, 3.05) is 32.7 Å². The van der Waals surface area contributed by atoms with Gasteiger partial charge in [0.05, 0.1) is 0 Å². The van der Waals surface area contributed by atoms with Crippen LogP contribution in [0.4, 0.5) is 0 Å². The second-order valence-corrected chi connectivity index (χ2v) is 6.71. The predicted octanol–water partition coefficient (Wildman–Crippen LogP) is 2.31. The van der Waals surface area contributed by atoms with Crippen LogP contribution in [-0.2, 0) is 4.79 Å². The first kappa shape index (κ1) is 13.6. The highest BCUT2D eigenvalue weighted by Gasteiger charge is 2.31. The fourth-order valence-corrected chi connectivity index (χ4v) is 4.12. The third-order valence-electron chi connectivity index (χ3n) is 5.31. The highest BCUT2D eigenvalue weighted by molar-refractivity contribution is 5.81. The van der Waals surface area contributed by atoms with E-state index >= 15 is 0 Å². The lowest BCUT2D eigenvalue weighted by atomic mass is 9.98. The van der Waals surface area contributed by atoms with Gasteiger partial charge in [0.25, 0.3) is 0 Å². The fourth-order valence-electron chi connectivity index (χ4n) is 4.12. The number of Topliss-reactive ketones (excluding diaryl/α,β-unsaturated/α-hetero) is 1. The summed E-state index contributed by atoms with van der Waals surface area (Å²) >= 11 is 0. The van der Waals surface area contributed by atoms with Gasteiger partial charge in [-0.05, 0) is 51.7 Å². The first-order valence-corrected chi connectivity index (χ1v) is 8.32. The van der Waals surface area contributed by atoms with E-state index in [0.29, 0.717) is 11.7 Å². The van der Waals surface area contributed by atoms with Gasteiger partial charge in [0, 0.05) is 31.5 Å². The molecule has 0 amide bonds. The third kappa shape index (κ3) is 3.38. The van der Waals surface area contributed by atoms with Crippen LogP contribution in [-0.4, -0.2) is 54.3 Å². The quantitative estimate of drug-likeness (QED) is 0.731. The van der Waals surface area contributed by atoms with Crippen molar-refractivity contribution < 1.29 is 4.79 Å². The minimum atomic E-state index is 0.347. The van der Waals surface area contributed by atoms with Crippen molar-refractivity contribution in [3.05, 3.63) is 0 Å². The summed E-state index contributed by atoms with van der Waals surface area (Å²) in [6.45, 7) is 6.08. The van der Waals surface area contributed by atoms with E-state index in [1.807, 2.05) is 0 Å². The topological polar surface area (TPSA) is 23.6 Å². The number of hydrogen-bond acceptors (Lipinski definition) is 3. The fraction of sp³-hybridized carbons (Fsp3) is 0.938. The van der Waals surface area contributed by atoms with Crippen molar-refractivity contribution in [1.82, 2.24) is 9.80 Å². The Balaban J connectivity index is 1.49. The predicted molar refractivity (Wildman–Crippen MR) is 77.2 cm³/mol. The molecule has 0 bridgehead atoms. The van der Waals surface area contributed by atoms with Crippen LogP contribution in [0.5, 0.6) is 0 Å². The van der Waals surface area contributed by atoms with Crippen LogP contribution in [0.3, 0.4) is 0 Å². The number of likely N-dealkylation sites (tertiary alicyclic amines) is 2. The molecule has 2 saturated heterocycles. The Morgan fingerprint density at radius 3 is 2.63 bits per heavy atom. The molecule has 3 aliphatic rings. The normalized spacial score (nSPS) is 34.8. The zero-order valence-corrected chi connectivity index (χ0v) is 12.1. The minimum absolute atomic E-state index is 0.347. The molecular weight excluding hydrogens is 236 g/mol. The molecule has 0 radical (unpaired) electrons. The van der Waals surface area contributed by atoms with Gasteiger partial charge in [0.15, 0.2) is 0 Å². The molecule has 2 aliphatic heterocycles. The van der Waals surface area contributed by atoms with Gasteiger partial charge in [-0.25, -0.2) is 0 Å². The zero-order valence-electron chi connectivity index (χ0n) is 12.1. The molecule has 2 heterocycles. The van der Waals surface area contributed by atoms with Crippen LogP contribution in [0.15, 0.2) is 0 Å². The second kappa shape index (κ2) is 6.36. The molecule has 1 saturated carbocycles. The summed E-state index contributed by atoms with van der Waals surface area (Å²) in [7, 11) is 0. The maximum atomic E-state index is 12.1. The summed E-state index contributed by atoms with van der Waals surface area (Å²) in [6, 6.07) is 0.781. The highest BCUT2D eigenvalue weighted by atomic mass is 16.1. The summed E-state index contributed by atoms with van der Waals surface area (Å²) in [6.07, 6.45) is 9.73. The van der Waals surface area contributed by atoms with Gasteiger partial charge >= 0.3 is 0 Å². The van der Waals surface area contributed by atoms with Crippen LogP contribution in [0.25, 0.3) is 0 Å². The lowest BCUT2D eigenvalue weighted by Gasteiger charge is -2.25. The molecule has 3 heteroatoms. The second-order valence-electron chi connectivity index (χ2n) is 6.71. The lowest BCUT2D eigenvalue weighted by Crippen LogP contribution is -2.37. The molecular formula is C16H28N2O. The van der Waals surface area contributed by atoms with Crippen molar-refractivity contribution in [2.24, 2.45) is 5.92 Å².